The molecule has 1 fully saturated rings. The fourth-order valence-corrected chi connectivity index (χ4v) is 3.76. The Morgan fingerprint density at radius 1 is 1.25 bits per heavy atom. The first-order chi connectivity index (χ1) is 17.2. The van der Waals surface area contributed by atoms with E-state index in [1.165, 1.54) is 17.9 Å². The van der Waals surface area contributed by atoms with Gasteiger partial charge in [0, 0.05) is 19.3 Å². The first-order valence-corrected chi connectivity index (χ1v) is 11.2. The molecule has 0 saturated carbocycles. The Morgan fingerprint density at radius 3 is 2.69 bits per heavy atom. The summed E-state index contributed by atoms with van der Waals surface area (Å²) in [6.07, 6.45) is -2.42. The molecule has 36 heavy (non-hydrogen) atoms. The number of aliphatic hydroxyl groups excluding tert-OH is 2. The fourth-order valence-electron chi connectivity index (χ4n) is 3.76. The van der Waals surface area contributed by atoms with E-state index in [1.807, 2.05) is 13.8 Å². The third-order valence-electron chi connectivity index (χ3n) is 5.68. The summed E-state index contributed by atoms with van der Waals surface area (Å²) >= 11 is 0. The van der Waals surface area contributed by atoms with Gasteiger partial charge in [-0.25, -0.2) is 15.0 Å². The maximum atomic E-state index is 12.8. The molecule has 0 aromatic carbocycles. The van der Waals surface area contributed by atoms with Crippen LogP contribution < -0.4 is 11.1 Å². The number of ether oxygens (including phenoxy) is 1. The van der Waals surface area contributed by atoms with Gasteiger partial charge in [0.25, 0.3) is 11.8 Å². The van der Waals surface area contributed by atoms with E-state index >= 15 is 0 Å². The molecule has 0 bridgehead atoms. The van der Waals surface area contributed by atoms with Crippen LogP contribution in [-0.4, -0.2) is 89.4 Å². The lowest BCUT2D eigenvalue weighted by atomic mass is 10.1. The average Bonchev–Trinajstić information content (AvgIpc) is 3.42. The van der Waals surface area contributed by atoms with Crippen LogP contribution in [0.1, 0.15) is 36.4 Å². The Labute approximate surface area is 206 Å². The largest absolute Gasteiger partial charge is 0.387 e. The zero-order chi connectivity index (χ0) is 26.0. The lowest BCUT2D eigenvalue weighted by molar-refractivity contribution is -0.137. The van der Waals surface area contributed by atoms with Crippen molar-refractivity contribution in [2.75, 3.05) is 19.3 Å². The second kappa shape index (κ2) is 10.2. The summed E-state index contributed by atoms with van der Waals surface area (Å²) in [5, 5.41) is 23.1. The number of imidazole rings is 1. The Balaban J connectivity index is 1.60. The SMILES string of the molecule is CNC(=O)[C@H]1O[C@@H](n2cnc3c(N)nc(C#CCN(C(=O)c4ccccn4)C(C)C)nc32)[C@H](O)C1O. The smallest absolute Gasteiger partial charge is 0.273 e. The van der Waals surface area contributed by atoms with Gasteiger partial charge in [0.15, 0.2) is 23.8 Å². The summed E-state index contributed by atoms with van der Waals surface area (Å²) in [7, 11) is 1.40. The number of nitrogens with one attached hydrogen (secondary N) is 1. The van der Waals surface area contributed by atoms with Crippen molar-refractivity contribution in [3.8, 4) is 11.8 Å². The summed E-state index contributed by atoms with van der Waals surface area (Å²) in [6.45, 7) is 3.84. The number of hydrogen-bond acceptors (Lipinski definition) is 10. The Hall–Kier alpha value is -4.12. The van der Waals surface area contributed by atoms with E-state index in [9.17, 15) is 19.8 Å². The maximum absolute atomic E-state index is 12.8. The molecule has 13 heteroatoms. The van der Waals surface area contributed by atoms with Crippen LogP contribution in [0.2, 0.25) is 0 Å². The van der Waals surface area contributed by atoms with Crippen LogP contribution in [0, 0.1) is 11.8 Å². The summed E-state index contributed by atoms with van der Waals surface area (Å²) in [5.74, 6) is 4.97. The van der Waals surface area contributed by atoms with Crippen molar-refractivity contribution in [3.05, 3.63) is 42.2 Å². The number of fused-ring (bicyclic) bond motifs is 1. The number of pyridine rings is 1. The maximum Gasteiger partial charge on any atom is 0.273 e. The van der Waals surface area contributed by atoms with E-state index in [0.717, 1.165) is 0 Å². The van der Waals surface area contributed by atoms with Gasteiger partial charge in [-0.2, -0.15) is 0 Å². The van der Waals surface area contributed by atoms with Gasteiger partial charge in [-0.05, 0) is 31.9 Å². The van der Waals surface area contributed by atoms with Crippen LogP contribution in [-0.2, 0) is 9.53 Å². The minimum Gasteiger partial charge on any atom is -0.387 e. The minimum absolute atomic E-state index is 0.0456. The van der Waals surface area contributed by atoms with Crippen molar-refractivity contribution < 1.29 is 24.5 Å². The van der Waals surface area contributed by atoms with E-state index in [-0.39, 0.29) is 41.3 Å². The third-order valence-corrected chi connectivity index (χ3v) is 5.68. The van der Waals surface area contributed by atoms with Gasteiger partial charge >= 0.3 is 0 Å². The van der Waals surface area contributed by atoms with E-state index in [4.69, 9.17) is 10.5 Å². The van der Waals surface area contributed by atoms with E-state index in [1.54, 1.807) is 29.3 Å². The molecule has 1 saturated heterocycles. The Morgan fingerprint density at radius 2 is 2.03 bits per heavy atom. The van der Waals surface area contributed by atoms with Gasteiger partial charge in [0.2, 0.25) is 5.82 Å². The average molecular weight is 495 g/mol. The second-order valence-electron chi connectivity index (χ2n) is 8.34. The monoisotopic (exact) mass is 494 g/mol. The number of aromatic nitrogens is 5. The Bertz CT molecular complexity index is 1330. The fraction of sp³-hybridized carbons (Fsp3) is 0.391. The highest BCUT2D eigenvalue weighted by Crippen LogP contribution is 2.32. The third kappa shape index (κ3) is 4.69. The van der Waals surface area contributed by atoms with Crippen molar-refractivity contribution >= 4 is 28.8 Å². The highest BCUT2D eigenvalue weighted by atomic mass is 16.6. The van der Waals surface area contributed by atoms with Gasteiger partial charge in [-0.1, -0.05) is 12.0 Å². The van der Waals surface area contributed by atoms with Gasteiger partial charge in [-0.3, -0.25) is 19.1 Å². The van der Waals surface area contributed by atoms with Gasteiger partial charge in [0.1, 0.15) is 23.4 Å². The predicted octanol–water partition coefficient (Wildman–Crippen LogP) is -0.929. The number of aliphatic hydroxyl groups is 2. The number of anilines is 1. The number of carbonyl (C=O) groups is 2. The van der Waals surface area contributed by atoms with Gasteiger partial charge in [0.05, 0.1) is 12.9 Å². The summed E-state index contributed by atoms with van der Waals surface area (Å²) in [4.78, 5) is 43.2. The molecular weight excluding hydrogens is 468 g/mol. The topological polar surface area (TPSA) is 182 Å². The highest BCUT2D eigenvalue weighted by molar-refractivity contribution is 5.92. The number of likely N-dealkylation sites (N-methyl/N-ethyl adjacent to an activating group) is 1. The lowest BCUT2D eigenvalue weighted by Gasteiger charge is -2.23. The van der Waals surface area contributed by atoms with Crippen LogP contribution in [0.25, 0.3) is 11.2 Å². The van der Waals surface area contributed by atoms with Crippen molar-refractivity contribution in [3.63, 3.8) is 0 Å². The molecular formula is C23H26N8O5. The molecule has 0 radical (unpaired) electrons. The van der Waals surface area contributed by atoms with E-state index in [2.05, 4.69) is 37.1 Å². The van der Waals surface area contributed by atoms with Crippen molar-refractivity contribution in [1.29, 1.82) is 0 Å². The highest BCUT2D eigenvalue weighted by Gasteiger charge is 2.47. The molecule has 4 rings (SSSR count). The molecule has 0 aliphatic carbocycles. The molecule has 4 heterocycles. The van der Waals surface area contributed by atoms with E-state index < -0.39 is 30.4 Å². The Kier molecular flexibility index (Phi) is 7.11. The van der Waals surface area contributed by atoms with Crippen molar-refractivity contribution in [1.82, 2.24) is 34.7 Å². The number of amides is 2. The molecule has 1 aliphatic rings. The molecule has 5 N–H and O–H groups in total. The molecule has 3 aromatic heterocycles. The number of carbonyl (C=O) groups excluding carboxylic acids is 2. The molecule has 2 amide bonds. The van der Waals surface area contributed by atoms with E-state index in [0.29, 0.717) is 5.69 Å². The number of rotatable bonds is 5. The lowest BCUT2D eigenvalue weighted by Crippen LogP contribution is -2.41. The number of nitrogen functional groups attached to an aromatic ring is 1. The van der Waals surface area contributed by atoms with Crippen LogP contribution in [0.5, 0.6) is 0 Å². The van der Waals surface area contributed by atoms with Gasteiger partial charge < -0.3 is 30.9 Å². The van der Waals surface area contributed by atoms with Crippen LogP contribution in [0.15, 0.2) is 30.7 Å². The number of nitrogens with two attached hydrogens (primary N) is 1. The first-order valence-electron chi connectivity index (χ1n) is 11.2. The van der Waals surface area contributed by atoms with Gasteiger partial charge in [-0.15, -0.1) is 0 Å². The summed E-state index contributed by atoms with van der Waals surface area (Å²) < 4.78 is 6.96. The second-order valence-corrected chi connectivity index (χ2v) is 8.34. The van der Waals surface area contributed by atoms with Crippen LogP contribution in [0.3, 0.4) is 0 Å². The summed E-state index contributed by atoms with van der Waals surface area (Å²) in [5.41, 5.74) is 6.80. The van der Waals surface area contributed by atoms with Crippen LogP contribution >= 0.6 is 0 Å². The molecule has 188 valence electrons. The van der Waals surface area contributed by atoms with Crippen LogP contribution in [0.4, 0.5) is 5.82 Å². The number of hydrogen-bond donors (Lipinski definition) is 4. The number of nitrogens with zero attached hydrogens (tertiary/aromatic N) is 6. The van der Waals surface area contributed by atoms with Crippen molar-refractivity contribution in [2.24, 2.45) is 0 Å². The molecule has 1 aliphatic heterocycles. The minimum atomic E-state index is -1.45. The first kappa shape index (κ1) is 25.0. The zero-order valence-electron chi connectivity index (χ0n) is 19.9. The van der Waals surface area contributed by atoms with Crippen molar-refractivity contribution in [2.45, 2.75) is 44.4 Å². The summed E-state index contributed by atoms with van der Waals surface area (Å²) in [6, 6.07) is 4.97. The molecule has 3 aromatic rings. The normalized spacial score (nSPS) is 21.3. The quantitative estimate of drug-likeness (QED) is 0.323. The predicted molar refractivity (Wildman–Crippen MR) is 127 cm³/mol. The molecule has 4 atom stereocenters. The standard InChI is InChI=1S/C23H26N8O5/c1-12(2)30(22(35)13-7-4-5-9-26-13)10-6-8-14-28-19(24)15-20(29-14)31(11-27-15)23-17(33)16(32)18(36-23)21(34)25-3/h4-5,7,9,11-12,16-18,23,32-33H,10H2,1-3H3,(H,25,34)(H2,24,28,29)/t16?,17-,18+,23-/m1/s1. The molecule has 0 spiro atoms. The molecule has 1 unspecified atom stereocenters. The zero-order valence-corrected chi connectivity index (χ0v) is 19.9. The molecule has 13 nitrogen and oxygen atoms in total.